The summed E-state index contributed by atoms with van der Waals surface area (Å²) in [5, 5.41) is 4.27. The molecule has 1 aromatic carbocycles. The fourth-order valence-corrected chi connectivity index (χ4v) is 2.77. The summed E-state index contributed by atoms with van der Waals surface area (Å²) in [6.45, 7) is 5.27. The zero-order chi connectivity index (χ0) is 17.1. The molecule has 0 aliphatic carbocycles. The molecular formula is C18H21N3O3. The average Bonchev–Trinajstić information content (AvgIpc) is 2.59. The lowest BCUT2D eigenvalue weighted by molar-refractivity contribution is -0.0389. The van der Waals surface area contributed by atoms with Crippen LogP contribution in [0.3, 0.4) is 0 Å². The third-order valence-corrected chi connectivity index (χ3v) is 4.13. The maximum absolute atomic E-state index is 12.8. The van der Waals surface area contributed by atoms with E-state index in [1.54, 1.807) is 4.90 Å². The van der Waals surface area contributed by atoms with Crippen molar-refractivity contribution in [1.82, 2.24) is 14.7 Å². The van der Waals surface area contributed by atoms with E-state index in [0.29, 0.717) is 19.7 Å². The van der Waals surface area contributed by atoms with Crippen LogP contribution in [0.15, 0.2) is 47.3 Å². The third-order valence-electron chi connectivity index (χ3n) is 4.13. The van der Waals surface area contributed by atoms with Crippen molar-refractivity contribution >= 4 is 5.91 Å². The summed E-state index contributed by atoms with van der Waals surface area (Å²) in [6.07, 6.45) is 0.000346. The molecule has 1 aliphatic rings. The van der Waals surface area contributed by atoms with Gasteiger partial charge in [-0.15, -0.1) is 0 Å². The Balaban J connectivity index is 1.85. The lowest BCUT2D eigenvalue weighted by atomic mass is 10.2. The van der Waals surface area contributed by atoms with Crippen LogP contribution >= 0.6 is 0 Å². The molecular weight excluding hydrogens is 306 g/mol. The van der Waals surface area contributed by atoms with E-state index in [4.69, 9.17) is 4.74 Å². The molecule has 6 nitrogen and oxygen atoms in total. The van der Waals surface area contributed by atoms with Crippen LogP contribution in [0, 0.1) is 0 Å². The van der Waals surface area contributed by atoms with Crippen molar-refractivity contribution in [3.05, 3.63) is 64.1 Å². The molecule has 2 heterocycles. The Labute approximate surface area is 140 Å². The largest absolute Gasteiger partial charge is 0.375 e. The standard InChI is InChI=1S/C18H21N3O3/c1-13-12-24-14(2)10-20(13)18(23)16-8-9-17(22)21(19-16)11-15-6-4-3-5-7-15/h3-9,13-14H,10-12H2,1-2H3/t13-,14-/m0/s1. The quantitative estimate of drug-likeness (QED) is 0.858. The summed E-state index contributed by atoms with van der Waals surface area (Å²) in [6, 6.07) is 12.5. The molecule has 1 aromatic heterocycles. The van der Waals surface area contributed by atoms with E-state index in [1.807, 2.05) is 44.2 Å². The highest BCUT2D eigenvalue weighted by Gasteiger charge is 2.29. The van der Waals surface area contributed by atoms with Gasteiger partial charge in [-0.3, -0.25) is 9.59 Å². The van der Waals surface area contributed by atoms with Crippen molar-refractivity contribution in [3.63, 3.8) is 0 Å². The van der Waals surface area contributed by atoms with Crippen molar-refractivity contribution in [2.75, 3.05) is 13.2 Å². The number of benzene rings is 1. The minimum absolute atomic E-state index is 0.000346. The fourth-order valence-electron chi connectivity index (χ4n) is 2.77. The number of carbonyl (C=O) groups excluding carboxylic acids is 1. The summed E-state index contributed by atoms with van der Waals surface area (Å²) >= 11 is 0. The summed E-state index contributed by atoms with van der Waals surface area (Å²) in [5.74, 6) is -0.167. The van der Waals surface area contributed by atoms with E-state index in [9.17, 15) is 9.59 Å². The molecule has 126 valence electrons. The average molecular weight is 327 g/mol. The van der Waals surface area contributed by atoms with Crippen LogP contribution in [-0.4, -0.2) is 45.9 Å². The second-order valence-corrected chi connectivity index (χ2v) is 6.15. The molecule has 1 amide bonds. The highest BCUT2D eigenvalue weighted by atomic mass is 16.5. The molecule has 2 aromatic rings. The molecule has 1 aliphatic heterocycles. The molecule has 0 N–H and O–H groups in total. The first-order chi connectivity index (χ1) is 11.5. The van der Waals surface area contributed by atoms with Crippen molar-refractivity contribution < 1.29 is 9.53 Å². The molecule has 0 bridgehead atoms. The van der Waals surface area contributed by atoms with Crippen molar-refractivity contribution in [2.24, 2.45) is 0 Å². The normalized spacial score (nSPS) is 20.8. The highest BCUT2D eigenvalue weighted by molar-refractivity contribution is 5.92. The minimum atomic E-state index is -0.223. The SMILES string of the molecule is C[C@H]1CN(C(=O)c2ccc(=O)n(Cc3ccccc3)n2)[C@@H](C)CO1. The number of amides is 1. The number of rotatable bonds is 3. The van der Waals surface area contributed by atoms with Crippen LogP contribution in [0.1, 0.15) is 29.9 Å². The van der Waals surface area contributed by atoms with Gasteiger partial charge in [-0.1, -0.05) is 30.3 Å². The van der Waals surface area contributed by atoms with Crippen LogP contribution < -0.4 is 5.56 Å². The molecule has 1 fully saturated rings. The Hall–Kier alpha value is -2.47. The van der Waals surface area contributed by atoms with Gasteiger partial charge in [0.1, 0.15) is 5.69 Å². The smallest absolute Gasteiger partial charge is 0.274 e. The molecule has 2 atom stereocenters. The van der Waals surface area contributed by atoms with Gasteiger partial charge < -0.3 is 9.64 Å². The van der Waals surface area contributed by atoms with Crippen LogP contribution in [0.5, 0.6) is 0 Å². The zero-order valence-electron chi connectivity index (χ0n) is 13.9. The number of carbonyl (C=O) groups is 1. The van der Waals surface area contributed by atoms with Crippen LogP contribution in [0.2, 0.25) is 0 Å². The molecule has 24 heavy (non-hydrogen) atoms. The first-order valence-corrected chi connectivity index (χ1v) is 8.09. The number of nitrogens with zero attached hydrogens (tertiary/aromatic N) is 3. The first-order valence-electron chi connectivity index (χ1n) is 8.09. The molecule has 0 radical (unpaired) electrons. The van der Waals surface area contributed by atoms with Gasteiger partial charge >= 0.3 is 0 Å². The van der Waals surface area contributed by atoms with Gasteiger partial charge in [0, 0.05) is 12.6 Å². The maximum atomic E-state index is 12.8. The predicted octanol–water partition coefficient (Wildman–Crippen LogP) is 1.54. The molecule has 3 rings (SSSR count). The molecule has 6 heteroatoms. The van der Waals surface area contributed by atoms with Gasteiger partial charge in [-0.25, -0.2) is 4.68 Å². The molecule has 0 unspecified atom stereocenters. The minimum Gasteiger partial charge on any atom is -0.375 e. The Morgan fingerprint density at radius 1 is 1.21 bits per heavy atom. The summed E-state index contributed by atoms with van der Waals surface area (Å²) in [5.41, 5.74) is 1.02. The van der Waals surface area contributed by atoms with Crippen molar-refractivity contribution in [2.45, 2.75) is 32.5 Å². The van der Waals surface area contributed by atoms with Crippen LogP contribution in [0.25, 0.3) is 0 Å². The monoisotopic (exact) mass is 327 g/mol. The lowest BCUT2D eigenvalue weighted by Gasteiger charge is -2.36. The lowest BCUT2D eigenvalue weighted by Crippen LogP contribution is -2.50. The maximum Gasteiger partial charge on any atom is 0.274 e. The van der Waals surface area contributed by atoms with Gasteiger partial charge in [0.2, 0.25) is 0 Å². The van der Waals surface area contributed by atoms with Crippen molar-refractivity contribution in [3.8, 4) is 0 Å². The summed E-state index contributed by atoms with van der Waals surface area (Å²) < 4.78 is 6.89. The van der Waals surface area contributed by atoms with Crippen molar-refractivity contribution in [1.29, 1.82) is 0 Å². The Morgan fingerprint density at radius 3 is 2.71 bits per heavy atom. The number of ether oxygens (including phenoxy) is 1. The highest BCUT2D eigenvalue weighted by Crippen LogP contribution is 2.14. The zero-order valence-corrected chi connectivity index (χ0v) is 13.9. The summed E-state index contributed by atoms with van der Waals surface area (Å²) in [7, 11) is 0. The van der Waals surface area contributed by atoms with E-state index in [2.05, 4.69) is 5.10 Å². The number of hydrogen-bond acceptors (Lipinski definition) is 4. The van der Waals surface area contributed by atoms with Crippen LogP contribution in [-0.2, 0) is 11.3 Å². The third kappa shape index (κ3) is 3.54. The summed E-state index contributed by atoms with van der Waals surface area (Å²) in [4.78, 5) is 26.6. The van der Waals surface area contributed by atoms with Gasteiger partial charge in [0.25, 0.3) is 11.5 Å². The Morgan fingerprint density at radius 2 is 1.96 bits per heavy atom. The molecule has 0 spiro atoms. The molecule has 0 saturated carbocycles. The van der Waals surface area contributed by atoms with Gasteiger partial charge in [0.15, 0.2) is 0 Å². The second-order valence-electron chi connectivity index (χ2n) is 6.15. The van der Waals surface area contributed by atoms with Gasteiger partial charge in [-0.05, 0) is 25.5 Å². The first kappa shape index (κ1) is 16.4. The second kappa shape index (κ2) is 6.97. The van der Waals surface area contributed by atoms with E-state index in [0.717, 1.165) is 5.56 Å². The van der Waals surface area contributed by atoms with E-state index in [-0.39, 0.29) is 29.3 Å². The number of aromatic nitrogens is 2. The number of morpholine rings is 1. The van der Waals surface area contributed by atoms with E-state index >= 15 is 0 Å². The van der Waals surface area contributed by atoms with Gasteiger partial charge in [-0.2, -0.15) is 5.10 Å². The number of hydrogen-bond donors (Lipinski definition) is 0. The fraction of sp³-hybridized carbons (Fsp3) is 0.389. The predicted molar refractivity (Wildman–Crippen MR) is 90.0 cm³/mol. The van der Waals surface area contributed by atoms with Gasteiger partial charge in [0.05, 0.1) is 25.3 Å². The van der Waals surface area contributed by atoms with Crippen LogP contribution in [0.4, 0.5) is 0 Å². The topological polar surface area (TPSA) is 64.4 Å². The Kier molecular flexibility index (Phi) is 4.76. The Bertz CT molecular complexity index is 773. The van der Waals surface area contributed by atoms with E-state index < -0.39 is 0 Å². The molecule has 1 saturated heterocycles. The van der Waals surface area contributed by atoms with E-state index in [1.165, 1.54) is 16.8 Å².